The first kappa shape index (κ1) is 11.6. The van der Waals surface area contributed by atoms with E-state index in [2.05, 4.69) is 22.1 Å². The highest BCUT2D eigenvalue weighted by molar-refractivity contribution is 5.75. The van der Waals surface area contributed by atoms with Gasteiger partial charge in [0.25, 0.3) is 0 Å². The van der Waals surface area contributed by atoms with Gasteiger partial charge in [-0.2, -0.15) is 0 Å². The number of aromatic amines is 1. The largest absolute Gasteiger partial charge is 0.481 e. The minimum absolute atomic E-state index is 0.277. The van der Waals surface area contributed by atoms with Crippen molar-refractivity contribution < 1.29 is 9.90 Å². The molecule has 0 aliphatic carbocycles. The minimum atomic E-state index is -0.705. The maximum atomic E-state index is 10.3. The summed E-state index contributed by atoms with van der Waals surface area (Å²) < 4.78 is 0. The van der Waals surface area contributed by atoms with Crippen molar-refractivity contribution >= 4 is 17.0 Å². The summed E-state index contributed by atoms with van der Waals surface area (Å²) in [6.45, 7) is 0. The molecule has 0 saturated heterocycles. The Morgan fingerprint density at radius 2 is 2.18 bits per heavy atom. The molecule has 0 spiro atoms. The summed E-state index contributed by atoms with van der Waals surface area (Å²) in [6, 6.07) is 6.21. The van der Waals surface area contributed by atoms with Crippen LogP contribution in [0.25, 0.3) is 11.0 Å². The molecule has 2 rings (SSSR count). The molecule has 17 heavy (non-hydrogen) atoms. The lowest BCUT2D eigenvalue weighted by Crippen LogP contribution is -1.94. The number of nitrogens with one attached hydrogen (secondary N) is 1. The Hall–Kier alpha value is -1.84. The maximum absolute atomic E-state index is 10.3. The fraction of sp³-hybridized carbons (Fsp3) is 0.385. The van der Waals surface area contributed by atoms with Gasteiger partial charge in [0.05, 0.1) is 17.4 Å². The third kappa shape index (κ3) is 3.31. The van der Waals surface area contributed by atoms with E-state index in [4.69, 9.17) is 5.11 Å². The molecule has 2 aromatic rings. The summed E-state index contributed by atoms with van der Waals surface area (Å²) in [4.78, 5) is 17.6. The summed E-state index contributed by atoms with van der Waals surface area (Å²) in [5, 5.41) is 8.51. The van der Waals surface area contributed by atoms with E-state index in [1.165, 1.54) is 5.56 Å². The number of benzene rings is 1. The highest BCUT2D eigenvalue weighted by atomic mass is 16.4. The normalized spacial score (nSPS) is 10.8. The lowest BCUT2D eigenvalue weighted by molar-refractivity contribution is -0.137. The predicted molar refractivity (Wildman–Crippen MR) is 65.9 cm³/mol. The fourth-order valence-electron chi connectivity index (χ4n) is 1.92. The van der Waals surface area contributed by atoms with E-state index in [9.17, 15) is 4.79 Å². The van der Waals surface area contributed by atoms with E-state index >= 15 is 0 Å². The number of carboxylic acids is 1. The number of unbranched alkanes of at least 4 members (excludes halogenated alkanes) is 2. The molecular weight excluding hydrogens is 216 g/mol. The van der Waals surface area contributed by atoms with E-state index in [0.717, 1.165) is 36.7 Å². The van der Waals surface area contributed by atoms with Gasteiger partial charge >= 0.3 is 5.97 Å². The lowest BCUT2D eigenvalue weighted by atomic mass is 10.1. The molecule has 0 amide bonds. The number of aryl methyl sites for hydroxylation is 1. The number of carboxylic acid groups (broad SMARTS) is 1. The first-order chi connectivity index (χ1) is 8.25. The van der Waals surface area contributed by atoms with Crippen molar-refractivity contribution in [2.45, 2.75) is 32.1 Å². The third-order valence-electron chi connectivity index (χ3n) is 2.84. The number of aliphatic carboxylic acids is 1. The number of imidazole rings is 1. The number of hydrogen-bond donors (Lipinski definition) is 2. The summed E-state index contributed by atoms with van der Waals surface area (Å²) in [5.41, 5.74) is 3.32. The molecule has 0 atom stereocenters. The van der Waals surface area contributed by atoms with Gasteiger partial charge in [0.1, 0.15) is 0 Å². The zero-order chi connectivity index (χ0) is 12.1. The molecule has 1 heterocycles. The van der Waals surface area contributed by atoms with Gasteiger partial charge in [-0.25, -0.2) is 4.98 Å². The molecule has 0 unspecified atom stereocenters. The molecule has 4 nitrogen and oxygen atoms in total. The van der Waals surface area contributed by atoms with Crippen LogP contribution in [-0.4, -0.2) is 21.0 Å². The van der Waals surface area contributed by atoms with Gasteiger partial charge in [0, 0.05) is 6.42 Å². The van der Waals surface area contributed by atoms with Gasteiger partial charge < -0.3 is 10.1 Å². The van der Waals surface area contributed by atoms with Crippen molar-refractivity contribution in [3.8, 4) is 0 Å². The van der Waals surface area contributed by atoms with Crippen molar-refractivity contribution in [2.24, 2.45) is 0 Å². The van der Waals surface area contributed by atoms with Crippen molar-refractivity contribution in [3.05, 3.63) is 30.1 Å². The molecule has 0 fully saturated rings. The van der Waals surface area contributed by atoms with Crippen molar-refractivity contribution in [1.82, 2.24) is 9.97 Å². The van der Waals surface area contributed by atoms with Crippen LogP contribution < -0.4 is 0 Å². The van der Waals surface area contributed by atoms with Gasteiger partial charge in [0.2, 0.25) is 0 Å². The number of nitrogens with zero attached hydrogens (tertiary/aromatic N) is 1. The van der Waals surface area contributed by atoms with E-state index in [1.807, 2.05) is 6.07 Å². The average molecular weight is 232 g/mol. The topological polar surface area (TPSA) is 66.0 Å². The highest BCUT2D eigenvalue weighted by Gasteiger charge is 2.00. The number of carbonyl (C=O) groups is 1. The molecule has 0 bridgehead atoms. The summed E-state index contributed by atoms with van der Waals surface area (Å²) >= 11 is 0. The van der Waals surface area contributed by atoms with Crippen LogP contribution in [0.2, 0.25) is 0 Å². The summed E-state index contributed by atoms with van der Waals surface area (Å²) in [6.07, 6.45) is 5.73. The molecule has 2 N–H and O–H groups in total. The Morgan fingerprint density at radius 1 is 1.29 bits per heavy atom. The molecule has 0 radical (unpaired) electrons. The number of fused-ring (bicyclic) bond motifs is 1. The van der Waals surface area contributed by atoms with Crippen LogP contribution in [0.1, 0.15) is 31.2 Å². The fourth-order valence-corrected chi connectivity index (χ4v) is 1.92. The van der Waals surface area contributed by atoms with Crippen LogP contribution in [0.15, 0.2) is 24.5 Å². The van der Waals surface area contributed by atoms with Crippen LogP contribution >= 0.6 is 0 Å². The number of hydrogen-bond acceptors (Lipinski definition) is 2. The Morgan fingerprint density at radius 3 is 3.00 bits per heavy atom. The van der Waals surface area contributed by atoms with Crippen molar-refractivity contribution in [3.63, 3.8) is 0 Å². The van der Waals surface area contributed by atoms with Crippen LogP contribution in [-0.2, 0) is 11.2 Å². The molecule has 0 aliphatic heterocycles. The predicted octanol–water partition coefficient (Wildman–Crippen LogP) is 2.75. The molecule has 0 aliphatic rings. The Labute approximate surface area is 99.7 Å². The second-order valence-corrected chi connectivity index (χ2v) is 4.21. The zero-order valence-electron chi connectivity index (χ0n) is 9.65. The van der Waals surface area contributed by atoms with Crippen molar-refractivity contribution in [2.75, 3.05) is 0 Å². The average Bonchev–Trinajstić information content (AvgIpc) is 2.75. The first-order valence-corrected chi connectivity index (χ1v) is 5.89. The smallest absolute Gasteiger partial charge is 0.303 e. The van der Waals surface area contributed by atoms with Crippen LogP contribution in [0.5, 0.6) is 0 Å². The quantitative estimate of drug-likeness (QED) is 0.752. The Balaban J connectivity index is 1.80. The summed E-state index contributed by atoms with van der Waals surface area (Å²) in [5.74, 6) is -0.705. The van der Waals surface area contributed by atoms with E-state index < -0.39 is 5.97 Å². The standard InChI is InChI=1S/C13H16N2O2/c16-13(17)5-3-1-2-4-10-6-7-11-12(8-10)15-9-14-11/h6-9H,1-5H2,(H,14,15)(H,16,17). The molecule has 0 saturated carbocycles. The third-order valence-corrected chi connectivity index (χ3v) is 2.84. The Kier molecular flexibility index (Phi) is 3.75. The SMILES string of the molecule is O=C(O)CCCCCc1ccc2nc[nH]c2c1. The maximum Gasteiger partial charge on any atom is 0.303 e. The van der Waals surface area contributed by atoms with Crippen molar-refractivity contribution in [1.29, 1.82) is 0 Å². The second kappa shape index (κ2) is 5.48. The summed E-state index contributed by atoms with van der Waals surface area (Å²) in [7, 11) is 0. The van der Waals surface area contributed by atoms with Gasteiger partial charge in [-0.05, 0) is 37.0 Å². The van der Waals surface area contributed by atoms with E-state index in [0.29, 0.717) is 0 Å². The first-order valence-electron chi connectivity index (χ1n) is 5.89. The number of aromatic nitrogens is 2. The Bertz CT molecular complexity index is 505. The monoisotopic (exact) mass is 232 g/mol. The minimum Gasteiger partial charge on any atom is -0.481 e. The second-order valence-electron chi connectivity index (χ2n) is 4.21. The molecule has 4 heteroatoms. The van der Waals surface area contributed by atoms with E-state index in [1.54, 1.807) is 6.33 Å². The van der Waals surface area contributed by atoms with Gasteiger partial charge in [-0.1, -0.05) is 12.5 Å². The highest BCUT2D eigenvalue weighted by Crippen LogP contribution is 2.14. The van der Waals surface area contributed by atoms with Crippen LogP contribution in [0.4, 0.5) is 0 Å². The van der Waals surface area contributed by atoms with Gasteiger partial charge in [-0.3, -0.25) is 4.79 Å². The molecular formula is C13H16N2O2. The van der Waals surface area contributed by atoms with E-state index in [-0.39, 0.29) is 6.42 Å². The number of H-pyrrole nitrogens is 1. The molecule has 90 valence electrons. The van der Waals surface area contributed by atoms with Crippen LogP contribution in [0.3, 0.4) is 0 Å². The zero-order valence-corrected chi connectivity index (χ0v) is 9.65. The van der Waals surface area contributed by atoms with Gasteiger partial charge in [-0.15, -0.1) is 0 Å². The van der Waals surface area contributed by atoms with Crippen LogP contribution in [0, 0.1) is 0 Å². The molecule has 1 aromatic heterocycles. The lowest BCUT2D eigenvalue weighted by Gasteiger charge is -2.01. The number of rotatable bonds is 6. The molecule has 1 aromatic carbocycles. The van der Waals surface area contributed by atoms with Gasteiger partial charge in [0.15, 0.2) is 0 Å².